The number of aromatic nitrogens is 5. The molecule has 0 fully saturated rings. The van der Waals surface area contributed by atoms with E-state index in [0.29, 0.717) is 16.6 Å². The average molecular weight is 476 g/mol. The number of thioether (sulfide) groups is 1. The first-order chi connectivity index (χ1) is 16.1. The van der Waals surface area contributed by atoms with Crippen LogP contribution in [0.15, 0.2) is 69.3 Å². The molecule has 0 saturated heterocycles. The van der Waals surface area contributed by atoms with Crippen LogP contribution in [0.5, 0.6) is 0 Å². The van der Waals surface area contributed by atoms with Gasteiger partial charge in [-0.05, 0) is 30.0 Å². The zero-order chi connectivity index (χ0) is 24.6. The first-order valence-electron chi connectivity index (χ1n) is 11.1. The van der Waals surface area contributed by atoms with Crippen LogP contribution in [0.1, 0.15) is 37.6 Å². The zero-order valence-corrected chi connectivity index (χ0v) is 21.2. The summed E-state index contributed by atoms with van der Waals surface area (Å²) in [6, 6.07) is 18.1. The fourth-order valence-electron chi connectivity index (χ4n) is 3.65. The van der Waals surface area contributed by atoms with Crippen molar-refractivity contribution in [2.75, 3.05) is 0 Å². The monoisotopic (exact) mass is 475 g/mol. The molecule has 0 bridgehead atoms. The number of hydrogen-bond donors (Lipinski definition) is 0. The van der Waals surface area contributed by atoms with Crippen molar-refractivity contribution in [2.24, 2.45) is 14.1 Å². The fraction of sp³-hybridized carbons (Fsp3) is 0.308. The summed E-state index contributed by atoms with van der Waals surface area (Å²) in [7, 11) is 3.15. The van der Waals surface area contributed by atoms with E-state index in [2.05, 4.69) is 67.4 Å². The minimum absolute atomic E-state index is 0.0624. The van der Waals surface area contributed by atoms with E-state index in [4.69, 9.17) is 0 Å². The summed E-state index contributed by atoms with van der Waals surface area (Å²) in [6.45, 7) is 8.62. The van der Waals surface area contributed by atoms with E-state index in [1.165, 1.54) is 35.0 Å². The van der Waals surface area contributed by atoms with E-state index in [1.807, 2.05) is 23.6 Å². The highest BCUT2D eigenvalue weighted by Crippen LogP contribution is 2.31. The minimum atomic E-state index is -0.345. The fourth-order valence-corrected chi connectivity index (χ4v) is 4.63. The Balaban J connectivity index is 1.76. The minimum Gasteiger partial charge on any atom is -0.300 e. The van der Waals surface area contributed by atoms with Gasteiger partial charge in [-0.15, -0.1) is 10.2 Å². The lowest BCUT2D eigenvalue weighted by Gasteiger charge is -2.19. The Bertz CT molecular complexity index is 1440. The van der Waals surface area contributed by atoms with Crippen molar-refractivity contribution < 1.29 is 0 Å². The topological polar surface area (TPSA) is 74.7 Å². The Morgan fingerprint density at radius 3 is 2.15 bits per heavy atom. The smallest absolute Gasteiger partial charge is 0.300 e. The maximum Gasteiger partial charge on any atom is 0.330 e. The van der Waals surface area contributed by atoms with Crippen molar-refractivity contribution in [3.63, 3.8) is 0 Å². The van der Waals surface area contributed by atoms with E-state index >= 15 is 0 Å². The summed E-state index contributed by atoms with van der Waals surface area (Å²) >= 11 is 1.44. The van der Waals surface area contributed by atoms with Crippen LogP contribution in [0.3, 0.4) is 0 Å². The third-order valence-corrected chi connectivity index (χ3v) is 6.87. The van der Waals surface area contributed by atoms with Gasteiger partial charge in [-0.1, -0.05) is 74.5 Å². The quantitative estimate of drug-likeness (QED) is 0.404. The van der Waals surface area contributed by atoms with Gasteiger partial charge in [-0.25, -0.2) is 4.79 Å². The molecule has 0 saturated carbocycles. The second kappa shape index (κ2) is 9.10. The Hall–Kier alpha value is -3.39. The van der Waals surface area contributed by atoms with Gasteiger partial charge in [0.05, 0.1) is 0 Å². The number of rotatable bonds is 5. The van der Waals surface area contributed by atoms with Gasteiger partial charge in [-0.3, -0.25) is 18.5 Å². The lowest BCUT2D eigenvalue weighted by Crippen LogP contribution is -2.37. The van der Waals surface area contributed by atoms with Crippen LogP contribution in [0.2, 0.25) is 0 Å². The van der Waals surface area contributed by atoms with Crippen LogP contribution in [0.4, 0.5) is 0 Å². The molecule has 2 aromatic heterocycles. The van der Waals surface area contributed by atoms with E-state index < -0.39 is 0 Å². The summed E-state index contributed by atoms with van der Waals surface area (Å²) < 4.78 is 4.62. The third-order valence-electron chi connectivity index (χ3n) is 5.91. The van der Waals surface area contributed by atoms with E-state index in [-0.39, 0.29) is 16.7 Å². The molecule has 176 valence electrons. The summed E-state index contributed by atoms with van der Waals surface area (Å²) in [5.41, 5.74) is 4.36. The molecule has 4 aromatic rings. The highest BCUT2D eigenvalue weighted by atomic mass is 32.2. The van der Waals surface area contributed by atoms with Crippen LogP contribution in [0, 0.1) is 6.92 Å². The van der Waals surface area contributed by atoms with Crippen molar-refractivity contribution in [1.82, 2.24) is 23.9 Å². The first kappa shape index (κ1) is 23.8. The van der Waals surface area contributed by atoms with Gasteiger partial charge in [0.25, 0.3) is 5.56 Å². The average Bonchev–Trinajstić information content (AvgIpc) is 3.23. The number of aryl methyl sites for hydroxylation is 1. The van der Waals surface area contributed by atoms with Crippen LogP contribution in [0.25, 0.3) is 17.1 Å². The molecule has 7 nitrogen and oxygen atoms in total. The predicted molar refractivity (Wildman–Crippen MR) is 137 cm³/mol. The number of benzene rings is 2. The van der Waals surface area contributed by atoms with Gasteiger partial charge in [0, 0.05) is 42.9 Å². The third kappa shape index (κ3) is 4.63. The van der Waals surface area contributed by atoms with E-state index in [9.17, 15) is 9.59 Å². The molecule has 8 heteroatoms. The molecule has 0 spiro atoms. The molecule has 0 N–H and O–H groups in total. The summed E-state index contributed by atoms with van der Waals surface area (Å²) in [6.07, 6.45) is 0. The Kier molecular flexibility index (Phi) is 6.36. The van der Waals surface area contributed by atoms with Crippen molar-refractivity contribution in [3.8, 4) is 17.1 Å². The van der Waals surface area contributed by atoms with Crippen LogP contribution in [-0.2, 0) is 25.3 Å². The molecular formula is C26H29N5O2S. The zero-order valence-electron chi connectivity index (χ0n) is 20.4. The second-order valence-corrected chi connectivity index (χ2v) is 10.4. The summed E-state index contributed by atoms with van der Waals surface area (Å²) in [5.74, 6) is 1.15. The maximum atomic E-state index is 12.3. The van der Waals surface area contributed by atoms with E-state index in [1.54, 1.807) is 7.05 Å². The highest BCUT2D eigenvalue weighted by molar-refractivity contribution is 7.98. The number of hydrogen-bond acceptors (Lipinski definition) is 5. The molecular weight excluding hydrogens is 446 g/mol. The molecule has 34 heavy (non-hydrogen) atoms. The maximum absolute atomic E-state index is 12.3. The second-order valence-electron chi connectivity index (χ2n) is 9.47. The van der Waals surface area contributed by atoms with Gasteiger partial charge in [0.1, 0.15) is 0 Å². The largest absolute Gasteiger partial charge is 0.330 e. The molecule has 0 unspecified atom stereocenters. The van der Waals surface area contributed by atoms with Crippen molar-refractivity contribution in [1.29, 1.82) is 0 Å². The van der Waals surface area contributed by atoms with Crippen molar-refractivity contribution in [3.05, 3.63) is 92.3 Å². The molecule has 0 aliphatic heterocycles. The van der Waals surface area contributed by atoms with Crippen molar-refractivity contribution >= 4 is 11.8 Å². The van der Waals surface area contributed by atoms with Gasteiger partial charge >= 0.3 is 5.69 Å². The van der Waals surface area contributed by atoms with Gasteiger partial charge < -0.3 is 0 Å². The van der Waals surface area contributed by atoms with Crippen LogP contribution >= 0.6 is 11.8 Å². The Labute approximate surface area is 203 Å². The van der Waals surface area contributed by atoms with Gasteiger partial charge in [0.2, 0.25) is 0 Å². The lowest BCUT2D eigenvalue weighted by atomic mass is 9.87. The normalized spacial score (nSPS) is 11.7. The van der Waals surface area contributed by atoms with E-state index in [0.717, 1.165) is 27.2 Å². The molecule has 2 aromatic carbocycles. The lowest BCUT2D eigenvalue weighted by molar-refractivity contribution is 0.590. The molecule has 2 heterocycles. The standard InChI is InChI=1S/C26H29N5O2S/c1-17-7-13-20(14-8-17)31-23(18-9-11-19(12-10-18)26(2,3)4)27-28-24(31)34-16-21-15-22(32)30(6)25(33)29(21)5/h7-15H,16H2,1-6H3. The van der Waals surface area contributed by atoms with Crippen LogP contribution < -0.4 is 11.2 Å². The van der Waals surface area contributed by atoms with Gasteiger partial charge in [0.15, 0.2) is 11.0 Å². The Morgan fingerprint density at radius 1 is 0.882 bits per heavy atom. The predicted octanol–water partition coefficient (Wildman–Crippen LogP) is 4.23. The first-order valence-corrected chi connectivity index (χ1v) is 12.1. The molecule has 0 radical (unpaired) electrons. The molecule has 0 aliphatic carbocycles. The van der Waals surface area contributed by atoms with Crippen molar-refractivity contribution in [2.45, 2.75) is 44.0 Å². The summed E-state index contributed by atoms with van der Waals surface area (Å²) in [4.78, 5) is 24.5. The molecule has 0 aliphatic rings. The SMILES string of the molecule is Cc1ccc(-n2c(SCc3cc(=O)n(C)c(=O)n3C)nnc2-c2ccc(C(C)(C)C)cc2)cc1. The Morgan fingerprint density at radius 2 is 1.53 bits per heavy atom. The summed E-state index contributed by atoms with van der Waals surface area (Å²) in [5, 5.41) is 9.68. The highest BCUT2D eigenvalue weighted by Gasteiger charge is 2.19. The molecule has 0 amide bonds. The molecule has 4 rings (SSSR count). The van der Waals surface area contributed by atoms with Crippen LogP contribution in [-0.4, -0.2) is 23.9 Å². The van der Waals surface area contributed by atoms with Gasteiger partial charge in [-0.2, -0.15) is 0 Å². The molecule has 0 atom stereocenters. The number of nitrogens with zero attached hydrogens (tertiary/aromatic N) is 5.